The molecule has 0 aromatic heterocycles. The minimum absolute atomic E-state index is 0.792. The van der Waals surface area contributed by atoms with Crippen LogP contribution in [0.1, 0.15) is 53.4 Å². The second-order valence-electron chi connectivity index (χ2n) is 5.72. The Morgan fingerprint density at radius 1 is 0.667 bits per heavy atom. The maximum atomic E-state index is 2.69. The molecular weight excluding hydrogens is 184 g/mol. The highest BCUT2D eigenvalue weighted by molar-refractivity contribution is 4.87. The van der Waals surface area contributed by atoms with Gasteiger partial charge < -0.3 is 0 Å². The summed E-state index contributed by atoms with van der Waals surface area (Å²) in [6, 6.07) is 3.17. The van der Waals surface area contributed by atoms with Crippen LogP contribution in [0.25, 0.3) is 0 Å². The molecule has 2 heteroatoms. The van der Waals surface area contributed by atoms with E-state index in [4.69, 9.17) is 0 Å². The van der Waals surface area contributed by atoms with Gasteiger partial charge in [0.05, 0.1) is 6.67 Å². The van der Waals surface area contributed by atoms with E-state index >= 15 is 0 Å². The quantitative estimate of drug-likeness (QED) is 0.691. The van der Waals surface area contributed by atoms with E-state index in [1.807, 2.05) is 0 Å². The van der Waals surface area contributed by atoms with Crippen LogP contribution in [0, 0.1) is 0 Å². The first kappa shape index (κ1) is 11.4. The van der Waals surface area contributed by atoms with Crippen molar-refractivity contribution in [3.63, 3.8) is 0 Å². The van der Waals surface area contributed by atoms with Crippen LogP contribution < -0.4 is 0 Å². The SMILES string of the molecule is CC1CCC(C)N1CN1C(C)CCC1C. The average molecular weight is 210 g/mol. The number of likely N-dealkylation sites (tertiary alicyclic amines) is 2. The first-order valence-electron chi connectivity index (χ1n) is 6.61. The van der Waals surface area contributed by atoms with Gasteiger partial charge in [0.15, 0.2) is 0 Å². The van der Waals surface area contributed by atoms with Crippen LogP contribution in [0.5, 0.6) is 0 Å². The lowest BCUT2D eigenvalue weighted by molar-refractivity contribution is 0.0726. The molecular formula is C13H26N2. The monoisotopic (exact) mass is 210 g/mol. The molecule has 15 heavy (non-hydrogen) atoms. The van der Waals surface area contributed by atoms with Gasteiger partial charge in [0.25, 0.3) is 0 Å². The highest BCUT2D eigenvalue weighted by atomic mass is 15.4. The van der Waals surface area contributed by atoms with Gasteiger partial charge in [0.1, 0.15) is 0 Å². The van der Waals surface area contributed by atoms with Crippen molar-refractivity contribution >= 4 is 0 Å². The van der Waals surface area contributed by atoms with Gasteiger partial charge in [-0.05, 0) is 53.4 Å². The van der Waals surface area contributed by atoms with Crippen LogP contribution in [0.15, 0.2) is 0 Å². The molecule has 88 valence electrons. The smallest absolute Gasteiger partial charge is 0.0516 e. The van der Waals surface area contributed by atoms with E-state index in [9.17, 15) is 0 Å². The topological polar surface area (TPSA) is 6.48 Å². The maximum absolute atomic E-state index is 2.69. The molecule has 2 rings (SSSR count). The summed E-state index contributed by atoms with van der Waals surface area (Å²) in [6.45, 7) is 10.7. The van der Waals surface area contributed by atoms with Gasteiger partial charge in [0.2, 0.25) is 0 Å². The predicted molar refractivity (Wildman–Crippen MR) is 64.9 cm³/mol. The molecule has 2 fully saturated rings. The Bertz CT molecular complexity index is 175. The van der Waals surface area contributed by atoms with Gasteiger partial charge in [-0.1, -0.05) is 0 Å². The average Bonchev–Trinajstić information content (AvgIpc) is 2.67. The molecule has 2 saturated heterocycles. The van der Waals surface area contributed by atoms with Gasteiger partial charge in [0, 0.05) is 24.2 Å². The lowest BCUT2D eigenvalue weighted by Crippen LogP contribution is -2.46. The molecule has 2 heterocycles. The van der Waals surface area contributed by atoms with Crippen LogP contribution >= 0.6 is 0 Å². The second-order valence-corrected chi connectivity index (χ2v) is 5.72. The van der Waals surface area contributed by atoms with Crippen molar-refractivity contribution in [1.82, 2.24) is 9.80 Å². The van der Waals surface area contributed by atoms with E-state index < -0.39 is 0 Å². The van der Waals surface area contributed by atoms with Crippen molar-refractivity contribution < 1.29 is 0 Å². The summed E-state index contributed by atoms with van der Waals surface area (Å²) in [5, 5.41) is 0. The Morgan fingerprint density at radius 2 is 0.933 bits per heavy atom. The fourth-order valence-corrected chi connectivity index (χ4v) is 3.24. The highest BCUT2D eigenvalue weighted by Crippen LogP contribution is 2.28. The Kier molecular flexibility index (Phi) is 3.36. The molecule has 0 saturated carbocycles. The highest BCUT2D eigenvalue weighted by Gasteiger charge is 2.33. The maximum Gasteiger partial charge on any atom is 0.0516 e. The molecule has 0 amide bonds. The molecule has 0 aromatic rings. The molecule has 2 aliphatic rings. The first-order chi connectivity index (χ1) is 7.09. The third-order valence-corrected chi connectivity index (χ3v) is 4.60. The third-order valence-electron chi connectivity index (χ3n) is 4.60. The molecule has 0 bridgehead atoms. The lowest BCUT2D eigenvalue weighted by Gasteiger charge is -2.35. The number of rotatable bonds is 2. The van der Waals surface area contributed by atoms with Crippen LogP contribution in [0.2, 0.25) is 0 Å². The Morgan fingerprint density at radius 3 is 1.20 bits per heavy atom. The summed E-state index contributed by atoms with van der Waals surface area (Å²) in [5.74, 6) is 0. The molecule has 0 spiro atoms. The largest absolute Gasteiger partial charge is 0.285 e. The van der Waals surface area contributed by atoms with Crippen LogP contribution in [-0.4, -0.2) is 40.6 Å². The Balaban J connectivity index is 1.95. The summed E-state index contributed by atoms with van der Waals surface area (Å²) >= 11 is 0. The first-order valence-corrected chi connectivity index (χ1v) is 6.61. The number of hydrogen-bond donors (Lipinski definition) is 0. The van der Waals surface area contributed by atoms with Gasteiger partial charge in [-0.25, -0.2) is 0 Å². The van der Waals surface area contributed by atoms with E-state index in [2.05, 4.69) is 37.5 Å². The molecule has 0 aliphatic carbocycles. The summed E-state index contributed by atoms with van der Waals surface area (Å²) in [4.78, 5) is 5.39. The molecule has 4 atom stereocenters. The molecule has 0 aromatic carbocycles. The summed E-state index contributed by atoms with van der Waals surface area (Å²) in [5.41, 5.74) is 0. The van der Waals surface area contributed by atoms with Crippen LogP contribution in [0.3, 0.4) is 0 Å². The van der Waals surface area contributed by atoms with E-state index in [-0.39, 0.29) is 0 Å². The van der Waals surface area contributed by atoms with Crippen molar-refractivity contribution in [3.05, 3.63) is 0 Å². The Labute approximate surface area is 94.6 Å². The van der Waals surface area contributed by atoms with Crippen molar-refractivity contribution in [3.8, 4) is 0 Å². The summed E-state index contributed by atoms with van der Waals surface area (Å²) in [7, 11) is 0. The summed E-state index contributed by atoms with van der Waals surface area (Å²) < 4.78 is 0. The molecule has 2 aliphatic heterocycles. The minimum Gasteiger partial charge on any atom is -0.285 e. The van der Waals surface area contributed by atoms with Crippen molar-refractivity contribution in [1.29, 1.82) is 0 Å². The van der Waals surface area contributed by atoms with Crippen LogP contribution in [-0.2, 0) is 0 Å². The number of hydrogen-bond acceptors (Lipinski definition) is 2. The predicted octanol–water partition coefficient (Wildman–Crippen LogP) is 2.69. The van der Waals surface area contributed by atoms with E-state index in [0.29, 0.717) is 0 Å². The van der Waals surface area contributed by atoms with Gasteiger partial charge >= 0.3 is 0 Å². The Hall–Kier alpha value is -0.0800. The molecule has 0 N–H and O–H groups in total. The van der Waals surface area contributed by atoms with E-state index in [0.717, 1.165) is 24.2 Å². The van der Waals surface area contributed by atoms with Crippen molar-refractivity contribution in [2.24, 2.45) is 0 Å². The third kappa shape index (κ3) is 2.21. The van der Waals surface area contributed by atoms with E-state index in [1.54, 1.807) is 0 Å². The second kappa shape index (κ2) is 4.42. The van der Waals surface area contributed by atoms with Gasteiger partial charge in [-0.15, -0.1) is 0 Å². The zero-order valence-corrected chi connectivity index (χ0v) is 10.7. The molecule has 0 radical (unpaired) electrons. The van der Waals surface area contributed by atoms with Gasteiger partial charge in [-0.3, -0.25) is 9.80 Å². The standard InChI is InChI=1S/C13H26N2/c1-10-5-6-11(2)14(10)9-15-12(3)7-8-13(15)4/h10-13H,5-9H2,1-4H3. The fourth-order valence-electron chi connectivity index (χ4n) is 3.24. The van der Waals surface area contributed by atoms with Crippen LogP contribution in [0.4, 0.5) is 0 Å². The van der Waals surface area contributed by atoms with Crippen molar-refractivity contribution in [2.45, 2.75) is 77.5 Å². The number of nitrogens with zero attached hydrogens (tertiary/aromatic N) is 2. The zero-order chi connectivity index (χ0) is 11.0. The lowest BCUT2D eigenvalue weighted by atomic mass is 10.2. The van der Waals surface area contributed by atoms with E-state index in [1.165, 1.54) is 32.4 Å². The zero-order valence-electron chi connectivity index (χ0n) is 10.7. The van der Waals surface area contributed by atoms with Gasteiger partial charge in [-0.2, -0.15) is 0 Å². The minimum atomic E-state index is 0.792. The molecule has 2 nitrogen and oxygen atoms in total. The fraction of sp³-hybridized carbons (Fsp3) is 1.00. The van der Waals surface area contributed by atoms with Crippen molar-refractivity contribution in [2.75, 3.05) is 6.67 Å². The molecule has 4 unspecified atom stereocenters. The normalized spacial score (nSPS) is 44.0. The summed E-state index contributed by atoms with van der Waals surface area (Å²) in [6.07, 6.45) is 5.55.